The standard InChI is InChI=1S/C21H25ClN2O3/c1-2-26-21(25)24-14-5-6-17(13-15-24)23-19-7-3-4-8-20(19)27-18-11-9-16(22)10-12-18/h3-4,7-12,17,23H,2,5-6,13-15H2,1H3. The number of carbonyl (C=O) groups excluding carboxylic acids is 1. The van der Waals surface area contributed by atoms with E-state index in [1.165, 1.54) is 0 Å². The van der Waals surface area contributed by atoms with Gasteiger partial charge in [-0.3, -0.25) is 0 Å². The summed E-state index contributed by atoms with van der Waals surface area (Å²) in [6.45, 7) is 3.67. The maximum atomic E-state index is 12.0. The molecule has 0 aromatic heterocycles. The molecule has 1 aliphatic rings. The zero-order valence-corrected chi connectivity index (χ0v) is 16.2. The molecule has 1 amide bonds. The van der Waals surface area contributed by atoms with Crippen molar-refractivity contribution in [1.29, 1.82) is 0 Å². The van der Waals surface area contributed by atoms with E-state index >= 15 is 0 Å². The number of benzene rings is 2. The van der Waals surface area contributed by atoms with Crippen molar-refractivity contribution in [3.63, 3.8) is 0 Å². The second-order valence-corrected chi connectivity index (χ2v) is 6.95. The number of likely N-dealkylation sites (tertiary alicyclic amines) is 1. The van der Waals surface area contributed by atoms with Crippen LogP contribution in [0.15, 0.2) is 48.5 Å². The van der Waals surface area contributed by atoms with Crippen LogP contribution in [-0.4, -0.2) is 36.7 Å². The summed E-state index contributed by atoms with van der Waals surface area (Å²) < 4.78 is 11.1. The lowest BCUT2D eigenvalue weighted by Gasteiger charge is -2.21. The van der Waals surface area contributed by atoms with Crippen molar-refractivity contribution < 1.29 is 14.3 Å². The predicted molar refractivity (Wildman–Crippen MR) is 108 cm³/mol. The largest absolute Gasteiger partial charge is 0.455 e. The van der Waals surface area contributed by atoms with E-state index < -0.39 is 0 Å². The van der Waals surface area contributed by atoms with Crippen molar-refractivity contribution in [2.75, 3.05) is 25.0 Å². The highest BCUT2D eigenvalue weighted by atomic mass is 35.5. The summed E-state index contributed by atoms with van der Waals surface area (Å²) in [5.41, 5.74) is 0.946. The molecule has 0 saturated carbocycles. The Labute approximate surface area is 165 Å². The molecule has 1 N–H and O–H groups in total. The van der Waals surface area contributed by atoms with Crippen molar-refractivity contribution >= 4 is 23.4 Å². The second-order valence-electron chi connectivity index (χ2n) is 6.51. The number of anilines is 1. The molecule has 3 rings (SSSR count). The lowest BCUT2D eigenvalue weighted by atomic mass is 10.1. The molecule has 1 aliphatic heterocycles. The third-order valence-electron chi connectivity index (χ3n) is 4.54. The molecular formula is C21H25ClN2O3. The molecule has 1 saturated heterocycles. The van der Waals surface area contributed by atoms with Gasteiger partial charge in [-0.1, -0.05) is 23.7 Å². The first-order chi connectivity index (χ1) is 13.2. The van der Waals surface area contributed by atoms with Gasteiger partial charge in [0.05, 0.1) is 12.3 Å². The summed E-state index contributed by atoms with van der Waals surface area (Å²) in [4.78, 5) is 13.7. The molecule has 2 aromatic carbocycles. The number of hydrogen-bond acceptors (Lipinski definition) is 4. The van der Waals surface area contributed by atoms with Crippen LogP contribution in [0.4, 0.5) is 10.5 Å². The van der Waals surface area contributed by atoms with Crippen LogP contribution in [0.25, 0.3) is 0 Å². The van der Waals surface area contributed by atoms with Crippen LogP contribution in [-0.2, 0) is 4.74 Å². The van der Waals surface area contributed by atoms with Gasteiger partial charge in [0, 0.05) is 24.2 Å². The van der Waals surface area contributed by atoms with E-state index in [1.807, 2.05) is 55.5 Å². The Balaban J connectivity index is 1.64. The van der Waals surface area contributed by atoms with Gasteiger partial charge in [0.1, 0.15) is 5.75 Å². The number of nitrogens with one attached hydrogen (secondary N) is 1. The molecule has 0 bridgehead atoms. The molecule has 0 radical (unpaired) electrons. The molecule has 0 aliphatic carbocycles. The first kappa shape index (κ1) is 19.4. The molecular weight excluding hydrogens is 364 g/mol. The number of hydrogen-bond donors (Lipinski definition) is 1. The van der Waals surface area contributed by atoms with Gasteiger partial charge < -0.3 is 19.7 Å². The van der Waals surface area contributed by atoms with E-state index in [0.717, 1.165) is 43.0 Å². The van der Waals surface area contributed by atoms with E-state index in [2.05, 4.69) is 5.32 Å². The minimum absolute atomic E-state index is 0.218. The van der Waals surface area contributed by atoms with Crippen LogP contribution >= 0.6 is 11.6 Å². The Kier molecular flexibility index (Phi) is 6.82. The van der Waals surface area contributed by atoms with E-state index in [9.17, 15) is 4.79 Å². The molecule has 1 fully saturated rings. The zero-order chi connectivity index (χ0) is 19.1. The number of amides is 1. The average molecular weight is 389 g/mol. The van der Waals surface area contributed by atoms with Gasteiger partial charge in [0.2, 0.25) is 0 Å². The molecule has 27 heavy (non-hydrogen) atoms. The van der Waals surface area contributed by atoms with Crippen LogP contribution in [0.3, 0.4) is 0 Å². The maximum absolute atomic E-state index is 12.0. The van der Waals surface area contributed by atoms with Gasteiger partial charge in [0.15, 0.2) is 5.75 Å². The fourth-order valence-corrected chi connectivity index (χ4v) is 3.29. The summed E-state index contributed by atoms with van der Waals surface area (Å²) in [6.07, 6.45) is 2.58. The van der Waals surface area contributed by atoms with Gasteiger partial charge in [-0.05, 0) is 62.6 Å². The molecule has 1 heterocycles. The van der Waals surface area contributed by atoms with E-state index in [-0.39, 0.29) is 12.1 Å². The number of nitrogens with zero attached hydrogens (tertiary/aromatic N) is 1. The fraction of sp³-hybridized carbons (Fsp3) is 0.381. The number of carbonyl (C=O) groups is 1. The fourth-order valence-electron chi connectivity index (χ4n) is 3.16. The van der Waals surface area contributed by atoms with Crippen LogP contribution in [0.1, 0.15) is 26.2 Å². The molecule has 2 aromatic rings. The third kappa shape index (κ3) is 5.54. The quantitative estimate of drug-likeness (QED) is 0.728. The van der Waals surface area contributed by atoms with Gasteiger partial charge >= 0.3 is 6.09 Å². The first-order valence-corrected chi connectivity index (χ1v) is 9.74. The number of ether oxygens (including phenoxy) is 2. The lowest BCUT2D eigenvalue weighted by Crippen LogP contribution is -2.33. The SMILES string of the molecule is CCOC(=O)N1CCCC(Nc2ccccc2Oc2ccc(Cl)cc2)CC1. The number of para-hydroxylation sites is 2. The van der Waals surface area contributed by atoms with Crippen LogP contribution < -0.4 is 10.1 Å². The number of halogens is 1. The van der Waals surface area contributed by atoms with Gasteiger partial charge in [0.25, 0.3) is 0 Å². The molecule has 1 atom stereocenters. The van der Waals surface area contributed by atoms with Crippen molar-refractivity contribution in [3.8, 4) is 11.5 Å². The monoisotopic (exact) mass is 388 g/mol. The molecule has 5 nitrogen and oxygen atoms in total. The highest BCUT2D eigenvalue weighted by Gasteiger charge is 2.22. The Morgan fingerprint density at radius 2 is 1.93 bits per heavy atom. The molecule has 144 valence electrons. The average Bonchev–Trinajstić information content (AvgIpc) is 2.91. The number of rotatable bonds is 5. The summed E-state index contributed by atoms with van der Waals surface area (Å²) in [5.74, 6) is 1.51. The maximum Gasteiger partial charge on any atom is 0.409 e. The van der Waals surface area contributed by atoms with Crippen LogP contribution in [0.2, 0.25) is 5.02 Å². The Morgan fingerprint density at radius 1 is 1.15 bits per heavy atom. The third-order valence-corrected chi connectivity index (χ3v) is 4.79. The van der Waals surface area contributed by atoms with E-state index in [0.29, 0.717) is 18.2 Å². The summed E-state index contributed by atoms with van der Waals surface area (Å²) >= 11 is 5.94. The minimum Gasteiger partial charge on any atom is -0.455 e. The van der Waals surface area contributed by atoms with Crippen LogP contribution in [0, 0.1) is 0 Å². The van der Waals surface area contributed by atoms with Crippen LogP contribution in [0.5, 0.6) is 11.5 Å². The normalized spacial score (nSPS) is 17.1. The topological polar surface area (TPSA) is 50.8 Å². The Bertz CT molecular complexity index is 751. The Morgan fingerprint density at radius 3 is 2.70 bits per heavy atom. The van der Waals surface area contributed by atoms with Gasteiger partial charge in [-0.25, -0.2) is 4.79 Å². The highest BCUT2D eigenvalue weighted by molar-refractivity contribution is 6.30. The molecule has 0 spiro atoms. The lowest BCUT2D eigenvalue weighted by molar-refractivity contribution is 0.108. The minimum atomic E-state index is -0.218. The summed E-state index contributed by atoms with van der Waals surface area (Å²) in [5, 5.41) is 4.26. The van der Waals surface area contributed by atoms with Crippen molar-refractivity contribution in [3.05, 3.63) is 53.6 Å². The van der Waals surface area contributed by atoms with E-state index in [4.69, 9.17) is 21.1 Å². The van der Waals surface area contributed by atoms with Crippen molar-refractivity contribution in [2.24, 2.45) is 0 Å². The smallest absolute Gasteiger partial charge is 0.409 e. The zero-order valence-electron chi connectivity index (χ0n) is 15.5. The molecule has 6 heteroatoms. The van der Waals surface area contributed by atoms with Gasteiger partial charge in [-0.15, -0.1) is 0 Å². The summed E-state index contributed by atoms with van der Waals surface area (Å²) in [6, 6.07) is 15.5. The summed E-state index contributed by atoms with van der Waals surface area (Å²) in [7, 11) is 0. The highest BCUT2D eigenvalue weighted by Crippen LogP contribution is 2.31. The first-order valence-electron chi connectivity index (χ1n) is 9.36. The predicted octanol–water partition coefficient (Wildman–Crippen LogP) is 5.56. The second kappa shape index (κ2) is 9.51. The van der Waals surface area contributed by atoms with Gasteiger partial charge in [-0.2, -0.15) is 0 Å². The molecule has 1 unspecified atom stereocenters. The van der Waals surface area contributed by atoms with E-state index in [1.54, 1.807) is 4.90 Å². The van der Waals surface area contributed by atoms with Crippen molar-refractivity contribution in [2.45, 2.75) is 32.2 Å². The van der Waals surface area contributed by atoms with Crippen molar-refractivity contribution in [1.82, 2.24) is 4.90 Å². The Hall–Kier alpha value is -2.40.